The normalized spacial score (nSPS) is 10.7. The molecule has 0 saturated heterocycles. The van der Waals surface area contributed by atoms with Crippen molar-refractivity contribution in [3.05, 3.63) is 87.9 Å². The van der Waals surface area contributed by atoms with E-state index in [1.54, 1.807) is 48.5 Å². The number of hydrogen-bond acceptors (Lipinski definition) is 5. The van der Waals surface area contributed by atoms with Crippen LogP contribution in [-0.2, 0) is 9.59 Å². The van der Waals surface area contributed by atoms with E-state index in [2.05, 4.69) is 26.6 Å². The first-order valence-electron chi connectivity index (χ1n) is 10.8. The van der Waals surface area contributed by atoms with E-state index in [4.69, 9.17) is 9.47 Å². The van der Waals surface area contributed by atoms with Crippen molar-refractivity contribution in [2.75, 3.05) is 23.8 Å². The molecular formula is C27H24BrN3O4. The van der Waals surface area contributed by atoms with Crippen LogP contribution in [0, 0.1) is 18.3 Å². The molecule has 0 unspecified atom stereocenters. The predicted molar refractivity (Wildman–Crippen MR) is 139 cm³/mol. The van der Waals surface area contributed by atoms with Crippen molar-refractivity contribution < 1.29 is 19.1 Å². The molecule has 0 spiro atoms. The van der Waals surface area contributed by atoms with Gasteiger partial charge in [0, 0.05) is 21.4 Å². The molecule has 0 aliphatic carbocycles. The number of ether oxygens (including phenoxy) is 2. The van der Waals surface area contributed by atoms with Gasteiger partial charge >= 0.3 is 0 Å². The number of nitrogens with one attached hydrogen (secondary N) is 2. The van der Waals surface area contributed by atoms with Crippen molar-refractivity contribution in [2.45, 2.75) is 13.8 Å². The van der Waals surface area contributed by atoms with Crippen LogP contribution in [0.4, 0.5) is 11.4 Å². The van der Waals surface area contributed by atoms with Gasteiger partial charge in [0.2, 0.25) is 0 Å². The monoisotopic (exact) mass is 533 g/mol. The third-order valence-electron chi connectivity index (χ3n) is 4.72. The van der Waals surface area contributed by atoms with E-state index in [1.807, 2.05) is 38.1 Å². The summed E-state index contributed by atoms with van der Waals surface area (Å²) in [4.78, 5) is 25.0. The second-order valence-electron chi connectivity index (χ2n) is 7.47. The number of halogens is 1. The lowest BCUT2D eigenvalue weighted by Crippen LogP contribution is -2.20. The minimum atomic E-state index is -0.570. The van der Waals surface area contributed by atoms with Crippen LogP contribution in [0.5, 0.6) is 11.5 Å². The van der Waals surface area contributed by atoms with E-state index in [0.29, 0.717) is 35.0 Å². The molecule has 0 saturated carbocycles. The molecule has 0 fully saturated rings. The van der Waals surface area contributed by atoms with Crippen LogP contribution in [-0.4, -0.2) is 25.0 Å². The fraction of sp³-hybridized carbons (Fsp3) is 0.148. The molecule has 0 aliphatic rings. The number of amides is 2. The first kappa shape index (κ1) is 25.5. The predicted octanol–water partition coefficient (Wildman–Crippen LogP) is 5.72. The maximum Gasteiger partial charge on any atom is 0.266 e. The summed E-state index contributed by atoms with van der Waals surface area (Å²) < 4.78 is 11.8. The first-order valence-corrected chi connectivity index (χ1v) is 11.6. The Labute approximate surface area is 212 Å². The van der Waals surface area contributed by atoms with Gasteiger partial charge in [0.15, 0.2) is 6.61 Å². The smallest absolute Gasteiger partial charge is 0.266 e. The quantitative estimate of drug-likeness (QED) is 0.270. The fourth-order valence-corrected chi connectivity index (χ4v) is 3.51. The summed E-state index contributed by atoms with van der Waals surface area (Å²) in [5.74, 6) is 0.139. The molecule has 2 amide bonds. The molecule has 0 radical (unpaired) electrons. The van der Waals surface area contributed by atoms with Gasteiger partial charge in [0.25, 0.3) is 11.8 Å². The van der Waals surface area contributed by atoms with Crippen LogP contribution in [0.15, 0.2) is 76.8 Å². The molecule has 3 aromatic rings. The topological polar surface area (TPSA) is 100 Å². The maximum atomic E-state index is 12.7. The van der Waals surface area contributed by atoms with E-state index in [9.17, 15) is 14.9 Å². The van der Waals surface area contributed by atoms with Crippen molar-refractivity contribution in [3.8, 4) is 17.6 Å². The Bertz CT molecular complexity index is 1280. The lowest BCUT2D eigenvalue weighted by molar-refractivity contribution is -0.118. The molecule has 178 valence electrons. The van der Waals surface area contributed by atoms with Gasteiger partial charge < -0.3 is 20.1 Å². The zero-order valence-corrected chi connectivity index (χ0v) is 20.9. The number of anilines is 2. The standard InChI is InChI=1S/C27H24BrN3O4/c1-3-34-24-10-8-22(9-11-24)31-27(33)20(16-29)14-19-15-21(28)7-12-25(19)35-17-26(32)30-23-6-4-5-18(2)13-23/h4-15H,3,17H2,1-2H3,(H,30,32)(H,31,33)/b20-14+. The zero-order valence-electron chi connectivity index (χ0n) is 19.3. The van der Waals surface area contributed by atoms with E-state index in [0.717, 1.165) is 10.0 Å². The number of nitrogens with zero attached hydrogens (tertiary/aromatic N) is 1. The van der Waals surface area contributed by atoms with Gasteiger partial charge in [-0.3, -0.25) is 9.59 Å². The second-order valence-corrected chi connectivity index (χ2v) is 8.39. The summed E-state index contributed by atoms with van der Waals surface area (Å²) >= 11 is 3.39. The molecule has 0 aromatic heterocycles. The van der Waals surface area contributed by atoms with E-state index in [1.165, 1.54) is 6.08 Å². The highest BCUT2D eigenvalue weighted by Gasteiger charge is 2.13. The highest BCUT2D eigenvalue weighted by Crippen LogP contribution is 2.26. The third-order valence-corrected chi connectivity index (χ3v) is 5.21. The van der Waals surface area contributed by atoms with E-state index >= 15 is 0 Å². The largest absolute Gasteiger partial charge is 0.494 e. The SMILES string of the molecule is CCOc1ccc(NC(=O)/C(C#N)=C/c2cc(Br)ccc2OCC(=O)Nc2cccc(C)c2)cc1. The summed E-state index contributed by atoms with van der Waals surface area (Å²) in [6, 6.07) is 21.3. The molecule has 0 aliphatic heterocycles. The number of carbonyl (C=O) groups excluding carboxylic acids is 2. The van der Waals surface area contributed by atoms with Gasteiger partial charge in [-0.2, -0.15) is 5.26 Å². The number of nitriles is 1. The van der Waals surface area contributed by atoms with Crippen LogP contribution in [0.2, 0.25) is 0 Å². The first-order chi connectivity index (χ1) is 16.9. The number of hydrogen-bond donors (Lipinski definition) is 2. The number of rotatable bonds is 9. The van der Waals surface area contributed by atoms with Crippen LogP contribution in [0.25, 0.3) is 6.08 Å². The molecule has 35 heavy (non-hydrogen) atoms. The Kier molecular flexibility index (Phi) is 9.04. The van der Waals surface area contributed by atoms with Crippen LogP contribution in [0.3, 0.4) is 0 Å². The van der Waals surface area contributed by atoms with Gasteiger partial charge in [0.1, 0.15) is 23.1 Å². The Balaban J connectivity index is 1.72. The molecule has 8 heteroatoms. The molecule has 3 aromatic carbocycles. The zero-order chi connectivity index (χ0) is 25.2. The Morgan fingerprint density at radius 2 is 1.77 bits per heavy atom. The summed E-state index contributed by atoms with van der Waals surface area (Å²) in [5.41, 5.74) is 2.58. The van der Waals surface area contributed by atoms with Crippen LogP contribution < -0.4 is 20.1 Å². The average molecular weight is 534 g/mol. The molecule has 2 N–H and O–H groups in total. The van der Waals surface area contributed by atoms with E-state index in [-0.39, 0.29) is 18.1 Å². The number of carbonyl (C=O) groups is 2. The third kappa shape index (κ3) is 7.73. The van der Waals surface area contributed by atoms with E-state index < -0.39 is 5.91 Å². The molecule has 3 rings (SSSR count). The van der Waals surface area contributed by atoms with Crippen molar-refractivity contribution in [3.63, 3.8) is 0 Å². The lowest BCUT2D eigenvalue weighted by Gasteiger charge is -2.11. The lowest BCUT2D eigenvalue weighted by atomic mass is 10.1. The van der Waals surface area contributed by atoms with Crippen molar-refractivity contribution in [2.24, 2.45) is 0 Å². The molecule has 7 nitrogen and oxygen atoms in total. The number of aryl methyl sites for hydroxylation is 1. The van der Waals surface area contributed by atoms with Crippen LogP contribution in [0.1, 0.15) is 18.1 Å². The Morgan fingerprint density at radius 1 is 1.00 bits per heavy atom. The summed E-state index contributed by atoms with van der Waals surface area (Å²) in [5, 5.41) is 15.1. The molecule has 0 bridgehead atoms. The highest BCUT2D eigenvalue weighted by molar-refractivity contribution is 9.10. The Morgan fingerprint density at radius 3 is 2.46 bits per heavy atom. The van der Waals surface area contributed by atoms with Gasteiger partial charge in [0.05, 0.1) is 6.61 Å². The summed E-state index contributed by atoms with van der Waals surface area (Å²) in [7, 11) is 0. The fourth-order valence-electron chi connectivity index (χ4n) is 3.13. The van der Waals surface area contributed by atoms with Gasteiger partial charge in [-0.1, -0.05) is 28.1 Å². The van der Waals surface area contributed by atoms with Gasteiger partial charge in [-0.05, 0) is 80.1 Å². The molecular weight excluding hydrogens is 510 g/mol. The van der Waals surface area contributed by atoms with Crippen molar-refractivity contribution >= 4 is 45.2 Å². The molecule has 0 atom stereocenters. The second kappa shape index (κ2) is 12.4. The van der Waals surface area contributed by atoms with Crippen LogP contribution >= 0.6 is 15.9 Å². The number of benzene rings is 3. The summed E-state index contributed by atoms with van der Waals surface area (Å²) in [6.07, 6.45) is 1.42. The maximum absolute atomic E-state index is 12.7. The average Bonchev–Trinajstić information content (AvgIpc) is 2.83. The van der Waals surface area contributed by atoms with Crippen molar-refractivity contribution in [1.82, 2.24) is 0 Å². The highest BCUT2D eigenvalue weighted by atomic mass is 79.9. The van der Waals surface area contributed by atoms with Gasteiger partial charge in [-0.25, -0.2) is 0 Å². The molecule has 0 heterocycles. The minimum Gasteiger partial charge on any atom is -0.494 e. The van der Waals surface area contributed by atoms with Gasteiger partial charge in [-0.15, -0.1) is 0 Å². The Hall–Kier alpha value is -4.09. The minimum absolute atomic E-state index is 0.119. The summed E-state index contributed by atoms with van der Waals surface area (Å²) in [6.45, 7) is 4.12. The van der Waals surface area contributed by atoms with Crippen molar-refractivity contribution in [1.29, 1.82) is 5.26 Å².